The summed E-state index contributed by atoms with van der Waals surface area (Å²) in [5.74, 6) is -2.02. The number of imidazole rings is 1. The summed E-state index contributed by atoms with van der Waals surface area (Å²) in [6.07, 6.45) is 3.11. The number of carbonyl (C=O) groups is 1. The lowest BCUT2D eigenvalue weighted by Gasteiger charge is -2.13. The molecule has 1 aliphatic heterocycles. The summed E-state index contributed by atoms with van der Waals surface area (Å²) in [6, 6.07) is 2.82. The maximum Gasteiger partial charge on any atom is 0.278 e. The Labute approximate surface area is 167 Å². The molecular weight excluding hydrogens is 404 g/mol. The lowest BCUT2D eigenvalue weighted by atomic mass is 10.2. The molecule has 2 N–H and O–H groups in total. The number of hydrogen-bond donors (Lipinski definition) is 2. The van der Waals surface area contributed by atoms with Crippen molar-refractivity contribution in [2.45, 2.75) is 30.6 Å². The van der Waals surface area contributed by atoms with E-state index in [9.17, 15) is 18.4 Å². The topological polar surface area (TPSA) is 102 Å². The van der Waals surface area contributed by atoms with E-state index < -0.39 is 17.5 Å². The van der Waals surface area contributed by atoms with Crippen LogP contribution in [0.3, 0.4) is 0 Å². The van der Waals surface area contributed by atoms with E-state index in [0.717, 1.165) is 42.8 Å². The van der Waals surface area contributed by atoms with Crippen LogP contribution < -0.4 is 10.9 Å². The quantitative estimate of drug-likeness (QED) is 0.593. The molecule has 4 rings (SSSR count). The zero-order valence-electron chi connectivity index (χ0n) is 15.2. The highest BCUT2D eigenvalue weighted by Gasteiger charge is 2.22. The molecule has 3 aromatic rings. The average molecular weight is 421 g/mol. The minimum Gasteiger partial charge on any atom is -0.376 e. The third-order valence-electron chi connectivity index (χ3n) is 4.45. The number of halogens is 2. The number of amides is 1. The molecule has 29 heavy (non-hydrogen) atoms. The zero-order chi connectivity index (χ0) is 20.4. The van der Waals surface area contributed by atoms with E-state index in [4.69, 9.17) is 4.74 Å². The largest absolute Gasteiger partial charge is 0.376 e. The fourth-order valence-corrected chi connectivity index (χ4v) is 3.91. The summed E-state index contributed by atoms with van der Waals surface area (Å²) in [6.45, 7) is 1.13. The Balaban J connectivity index is 1.53. The molecule has 1 fully saturated rings. The molecule has 3 heterocycles. The number of H-pyrrole nitrogens is 1. The molecule has 0 bridgehead atoms. The summed E-state index contributed by atoms with van der Waals surface area (Å²) in [5.41, 5.74) is -0.0382. The molecule has 0 saturated carbocycles. The number of aromatic amines is 1. The number of anilines is 1. The number of nitrogens with zero attached hydrogens (tertiary/aromatic N) is 3. The first kappa shape index (κ1) is 19.5. The maximum atomic E-state index is 13.7. The highest BCUT2D eigenvalue weighted by molar-refractivity contribution is 7.99. The first-order valence-electron chi connectivity index (χ1n) is 8.94. The first-order chi connectivity index (χ1) is 14.0. The van der Waals surface area contributed by atoms with Crippen LogP contribution in [0.15, 0.2) is 34.5 Å². The van der Waals surface area contributed by atoms with Crippen molar-refractivity contribution in [3.63, 3.8) is 0 Å². The van der Waals surface area contributed by atoms with Crippen LogP contribution in [0.25, 0.3) is 11.2 Å². The Bertz CT molecular complexity index is 1110. The van der Waals surface area contributed by atoms with Crippen molar-refractivity contribution in [2.24, 2.45) is 0 Å². The van der Waals surface area contributed by atoms with Gasteiger partial charge in [-0.1, -0.05) is 11.8 Å². The minimum absolute atomic E-state index is 0.0249. The second-order valence-corrected chi connectivity index (χ2v) is 7.45. The number of thioether (sulfide) groups is 1. The van der Waals surface area contributed by atoms with Crippen molar-refractivity contribution < 1.29 is 18.3 Å². The van der Waals surface area contributed by atoms with Crippen molar-refractivity contribution in [2.75, 3.05) is 17.7 Å². The van der Waals surface area contributed by atoms with Gasteiger partial charge in [0.1, 0.15) is 11.6 Å². The number of hydrogen-bond acceptors (Lipinski definition) is 6. The van der Waals surface area contributed by atoms with E-state index in [2.05, 4.69) is 20.3 Å². The second-order valence-electron chi connectivity index (χ2n) is 6.50. The van der Waals surface area contributed by atoms with Gasteiger partial charge in [0, 0.05) is 12.7 Å². The van der Waals surface area contributed by atoms with E-state index in [-0.39, 0.29) is 28.6 Å². The third-order valence-corrected chi connectivity index (χ3v) is 5.42. The van der Waals surface area contributed by atoms with Gasteiger partial charge < -0.3 is 19.6 Å². The summed E-state index contributed by atoms with van der Waals surface area (Å²) < 4.78 is 34.4. The van der Waals surface area contributed by atoms with E-state index in [0.29, 0.717) is 24.0 Å². The van der Waals surface area contributed by atoms with Gasteiger partial charge in [-0.05, 0) is 25.0 Å². The van der Waals surface area contributed by atoms with Crippen molar-refractivity contribution in [3.8, 4) is 0 Å². The fourth-order valence-electron chi connectivity index (χ4n) is 3.10. The van der Waals surface area contributed by atoms with Crippen LogP contribution in [0.4, 0.5) is 14.5 Å². The minimum atomic E-state index is -0.730. The molecule has 0 radical (unpaired) electrons. The molecule has 11 heteroatoms. The molecule has 1 aliphatic rings. The fraction of sp³-hybridized carbons (Fsp3) is 0.333. The number of carbonyl (C=O) groups excluding carboxylic acids is 1. The normalized spacial score (nSPS) is 16.4. The van der Waals surface area contributed by atoms with Crippen LogP contribution >= 0.6 is 11.8 Å². The number of benzene rings is 1. The molecule has 1 amide bonds. The van der Waals surface area contributed by atoms with Gasteiger partial charge in [-0.2, -0.15) is 0 Å². The van der Waals surface area contributed by atoms with Gasteiger partial charge in [0.15, 0.2) is 16.3 Å². The molecule has 0 unspecified atom stereocenters. The highest BCUT2D eigenvalue weighted by Crippen LogP contribution is 2.25. The van der Waals surface area contributed by atoms with Gasteiger partial charge in [-0.3, -0.25) is 9.59 Å². The smallest absolute Gasteiger partial charge is 0.278 e. The van der Waals surface area contributed by atoms with E-state index >= 15 is 0 Å². The molecule has 1 atom stereocenters. The molecular formula is C18H17F2N5O3S. The molecule has 2 aromatic heterocycles. The standard InChI is InChI=1S/C18H17F2N5O3S/c19-10-3-4-12(20)13(6-10)23-14(26)8-29-18-24-15-16(21-9-22-17(15)27)25(18)7-11-2-1-5-28-11/h3-4,6,9,11H,1-2,5,7-8H2,(H,23,26)(H,21,22,27)/t11-/m0/s1. The lowest BCUT2D eigenvalue weighted by molar-refractivity contribution is -0.113. The van der Waals surface area contributed by atoms with Crippen LogP contribution in [0.5, 0.6) is 0 Å². The Hall–Kier alpha value is -2.79. The SMILES string of the molecule is O=C(CSc1nc2c(=O)[nH]cnc2n1C[C@@H]1CCCO1)Nc1cc(F)ccc1F. The predicted molar refractivity (Wildman–Crippen MR) is 103 cm³/mol. The van der Waals surface area contributed by atoms with Crippen LogP contribution in [0.2, 0.25) is 0 Å². The summed E-state index contributed by atoms with van der Waals surface area (Å²) in [7, 11) is 0. The molecule has 1 aromatic carbocycles. The van der Waals surface area contributed by atoms with E-state index in [1.807, 2.05) is 0 Å². The van der Waals surface area contributed by atoms with Crippen LogP contribution in [0.1, 0.15) is 12.8 Å². The molecule has 152 valence electrons. The Morgan fingerprint density at radius 1 is 1.41 bits per heavy atom. The van der Waals surface area contributed by atoms with Crippen molar-refractivity contribution in [3.05, 3.63) is 46.5 Å². The number of rotatable bonds is 6. The number of nitrogens with one attached hydrogen (secondary N) is 2. The number of ether oxygens (including phenoxy) is 1. The van der Waals surface area contributed by atoms with Gasteiger partial charge in [-0.25, -0.2) is 18.7 Å². The molecule has 8 nitrogen and oxygen atoms in total. The lowest BCUT2D eigenvalue weighted by Crippen LogP contribution is -2.18. The van der Waals surface area contributed by atoms with Gasteiger partial charge in [0.25, 0.3) is 5.56 Å². The third kappa shape index (κ3) is 4.30. The molecule has 1 saturated heterocycles. The maximum absolute atomic E-state index is 13.7. The van der Waals surface area contributed by atoms with Crippen molar-refractivity contribution in [1.82, 2.24) is 19.5 Å². The zero-order valence-corrected chi connectivity index (χ0v) is 16.0. The van der Waals surface area contributed by atoms with Crippen LogP contribution in [-0.4, -0.2) is 43.9 Å². The first-order valence-corrected chi connectivity index (χ1v) is 9.93. The van der Waals surface area contributed by atoms with Gasteiger partial charge >= 0.3 is 0 Å². The average Bonchev–Trinajstić information content (AvgIpc) is 3.33. The predicted octanol–water partition coefficient (Wildman–Crippen LogP) is 2.31. The number of aromatic nitrogens is 4. The van der Waals surface area contributed by atoms with Crippen LogP contribution in [-0.2, 0) is 16.1 Å². The Kier molecular flexibility index (Phi) is 5.58. The second kappa shape index (κ2) is 8.29. The van der Waals surface area contributed by atoms with Gasteiger partial charge in [0.05, 0.1) is 30.4 Å². The van der Waals surface area contributed by atoms with Gasteiger partial charge in [0.2, 0.25) is 5.91 Å². The number of fused-ring (bicyclic) bond motifs is 1. The van der Waals surface area contributed by atoms with Crippen LogP contribution in [0, 0.1) is 11.6 Å². The van der Waals surface area contributed by atoms with Gasteiger partial charge in [-0.15, -0.1) is 0 Å². The van der Waals surface area contributed by atoms with Crippen molar-refractivity contribution in [1.29, 1.82) is 0 Å². The van der Waals surface area contributed by atoms with E-state index in [1.54, 1.807) is 4.57 Å². The Morgan fingerprint density at radius 3 is 3.07 bits per heavy atom. The van der Waals surface area contributed by atoms with Crippen molar-refractivity contribution >= 4 is 34.5 Å². The monoisotopic (exact) mass is 421 g/mol. The summed E-state index contributed by atoms with van der Waals surface area (Å²) in [4.78, 5) is 35.3. The summed E-state index contributed by atoms with van der Waals surface area (Å²) >= 11 is 1.08. The van der Waals surface area contributed by atoms with E-state index in [1.165, 1.54) is 6.33 Å². The Morgan fingerprint density at radius 2 is 2.28 bits per heavy atom. The summed E-state index contributed by atoms with van der Waals surface area (Å²) in [5, 5.41) is 2.76. The highest BCUT2D eigenvalue weighted by atomic mass is 32.2. The molecule has 0 aliphatic carbocycles. The molecule has 0 spiro atoms.